The largest absolute Gasteiger partial charge is 0.444 e. The van der Waals surface area contributed by atoms with Crippen LogP contribution in [0.5, 0.6) is 0 Å². The van der Waals surface area contributed by atoms with Crippen molar-refractivity contribution >= 4 is 6.09 Å². The quantitative estimate of drug-likeness (QED) is 0.741. The van der Waals surface area contributed by atoms with Gasteiger partial charge in [-0.3, -0.25) is 0 Å². The number of ether oxygens (including phenoxy) is 1. The lowest BCUT2D eigenvalue weighted by Crippen LogP contribution is -2.52. The lowest BCUT2D eigenvalue weighted by Gasteiger charge is -2.38. The van der Waals surface area contributed by atoms with Gasteiger partial charge >= 0.3 is 6.09 Å². The molecule has 0 aliphatic heterocycles. The van der Waals surface area contributed by atoms with Gasteiger partial charge in [-0.15, -0.1) is 0 Å². The van der Waals surface area contributed by atoms with Crippen molar-refractivity contribution in [3.05, 3.63) is 0 Å². The SMILES string of the molecule is CC(C)(C)OC(=O)NC(CO)C(O)C1C2CC3CC(C2)C1C3. The minimum Gasteiger partial charge on any atom is -0.444 e. The molecule has 0 aromatic carbocycles. The van der Waals surface area contributed by atoms with E-state index in [1.165, 1.54) is 25.7 Å². The number of hydrogen-bond donors (Lipinski definition) is 3. The predicted octanol–water partition coefficient (Wildman–Crippen LogP) is 1.92. The fourth-order valence-corrected chi connectivity index (χ4v) is 5.29. The lowest BCUT2D eigenvalue weighted by molar-refractivity contribution is -0.0114. The monoisotopic (exact) mass is 311 g/mol. The molecule has 7 unspecified atom stereocenters. The second-order valence-electron chi connectivity index (χ2n) is 8.50. The Morgan fingerprint density at radius 2 is 1.91 bits per heavy atom. The summed E-state index contributed by atoms with van der Waals surface area (Å²) in [6.07, 6.45) is 3.70. The highest BCUT2D eigenvalue weighted by Gasteiger charge is 2.56. The van der Waals surface area contributed by atoms with Gasteiger partial charge < -0.3 is 20.3 Å². The van der Waals surface area contributed by atoms with Crippen molar-refractivity contribution in [2.45, 2.75) is 64.2 Å². The standard InChI is InChI=1S/C17H29NO4/c1-17(2,3)22-16(21)18-13(8-19)15(20)14-11-5-9-4-10(7-11)12(14)6-9/h9-15,19-20H,4-8H2,1-3H3,(H,18,21). The van der Waals surface area contributed by atoms with Crippen LogP contribution in [0.2, 0.25) is 0 Å². The highest BCUT2D eigenvalue weighted by Crippen LogP contribution is 2.61. The number of amides is 1. The molecule has 3 N–H and O–H groups in total. The maximum absolute atomic E-state index is 11.9. The van der Waals surface area contributed by atoms with E-state index in [1.54, 1.807) is 20.8 Å². The van der Waals surface area contributed by atoms with E-state index in [-0.39, 0.29) is 12.5 Å². The molecule has 4 saturated carbocycles. The van der Waals surface area contributed by atoms with Gasteiger partial charge in [0.25, 0.3) is 0 Å². The first-order valence-corrected chi connectivity index (χ1v) is 8.57. The zero-order valence-electron chi connectivity index (χ0n) is 13.8. The van der Waals surface area contributed by atoms with E-state index in [2.05, 4.69) is 5.32 Å². The molecule has 0 saturated heterocycles. The van der Waals surface area contributed by atoms with Crippen LogP contribution in [0.4, 0.5) is 4.79 Å². The van der Waals surface area contributed by atoms with Gasteiger partial charge in [-0.1, -0.05) is 0 Å². The number of aliphatic hydroxyl groups is 2. The highest BCUT2D eigenvalue weighted by molar-refractivity contribution is 5.68. The van der Waals surface area contributed by atoms with Crippen molar-refractivity contribution in [3.63, 3.8) is 0 Å². The summed E-state index contributed by atoms with van der Waals surface area (Å²) in [5.41, 5.74) is -0.583. The summed E-state index contributed by atoms with van der Waals surface area (Å²) < 4.78 is 5.23. The minimum absolute atomic E-state index is 0.218. The Labute approximate surface area is 132 Å². The summed E-state index contributed by atoms with van der Waals surface area (Å²) in [5.74, 6) is 2.96. The molecule has 22 heavy (non-hydrogen) atoms. The van der Waals surface area contributed by atoms with Crippen LogP contribution in [-0.4, -0.2) is 40.7 Å². The average Bonchev–Trinajstić information content (AvgIpc) is 2.81. The highest BCUT2D eigenvalue weighted by atomic mass is 16.6. The van der Waals surface area contributed by atoms with E-state index in [9.17, 15) is 15.0 Å². The van der Waals surface area contributed by atoms with Gasteiger partial charge in [-0.2, -0.15) is 0 Å². The van der Waals surface area contributed by atoms with Crippen LogP contribution in [0, 0.1) is 29.6 Å². The zero-order chi connectivity index (χ0) is 16.1. The van der Waals surface area contributed by atoms with Gasteiger partial charge in [0.15, 0.2) is 0 Å². The molecule has 0 aromatic heterocycles. The Hall–Kier alpha value is -0.810. The first-order valence-electron chi connectivity index (χ1n) is 8.57. The first-order chi connectivity index (χ1) is 10.3. The van der Waals surface area contributed by atoms with Crippen LogP contribution < -0.4 is 5.32 Å². The van der Waals surface area contributed by atoms with E-state index >= 15 is 0 Å². The molecular weight excluding hydrogens is 282 g/mol. The van der Waals surface area contributed by atoms with Crippen LogP contribution in [0.3, 0.4) is 0 Å². The maximum atomic E-state index is 11.9. The molecule has 0 heterocycles. The van der Waals surface area contributed by atoms with Crippen LogP contribution >= 0.6 is 0 Å². The summed E-state index contributed by atoms with van der Waals surface area (Å²) in [6.45, 7) is 5.13. The van der Waals surface area contributed by atoms with E-state index in [1.807, 2.05) is 0 Å². The molecule has 0 aromatic rings. The smallest absolute Gasteiger partial charge is 0.408 e. The fraction of sp³-hybridized carbons (Fsp3) is 0.941. The number of nitrogens with one attached hydrogen (secondary N) is 1. The van der Waals surface area contributed by atoms with Crippen LogP contribution in [0.25, 0.3) is 0 Å². The van der Waals surface area contributed by atoms with Crippen LogP contribution in [0.15, 0.2) is 0 Å². The molecule has 7 atom stereocenters. The van der Waals surface area contributed by atoms with Crippen LogP contribution in [0.1, 0.15) is 46.5 Å². The number of rotatable bonds is 4. The molecule has 4 rings (SSSR count). The van der Waals surface area contributed by atoms with E-state index in [4.69, 9.17) is 4.74 Å². The molecule has 4 aliphatic carbocycles. The van der Waals surface area contributed by atoms with Crippen molar-refractivity contribution in [3.8, 4) is 0 Å². The molecule has 126 valence electrons. The Morgan fingerprint density at radius 1 is 1.23 bits per heavy atom. The third-order valence-electron chi connectivity index (χ3n) is 5.83. The van der Waals surface area contributed by atoms with Gasteiger partial charge in [-0.05, 0) is 76.0 Å². The number of hydrogen-bond acceptors (Lipinski definition) is 4. The molecule has 4 aliphatic rings. The van der Waals surface area contributed by atoms with Crippen molar-refractivity contribution in [1.29, 1.82) is 0 Å². The second-order valence-corrected chi connectivity index (χ2v) is 8.50. The van der Waals surface area contributed by atoms with Gasteiger partial charge in [0.05, 0.1) is 18.8 Å². The number of carbonyl (C=O) groups is 1. The first kappa shape index (κ1) is 16.1. The Bertz CT molecular complexity index is 429. The maximum Gasteiger partial charge on any atom is 0.408 e. The predicted molar refractivity (Wildman–Crippen MR) is 82.2 cm³/mol. The molecule has 1 amide bonds. The Kier molecular flexibility index (Phi) is 4.14. The van der Waals surface area contributed by atoms with Gasteiger partial charge in [0.2, 0.25) is 0 Å². The summed E-state index contributed by atoms with van der Waals surface area (Å²) >= 11 is 0. The Balaban J connectivity index is 1.62. The summed E-state index contributed by atoms with van der Waals surface area (Å²) in [5, 5.41) is 23.0. The molecule has 0 radical (unpaired) electrons. The average molecular weight is 311 g/mol. The zero-order valence-corrected chi connectivity index (χ0v) is 13.8. The van der Waals surface area contributed by atoms with E-state index in [0.29, 0.717) is 11.8 Å². The third-order valence-corrected chi connectivity index (χ3v) is 5.83. The topological polar surface area (TPSA) is 78.8 Å². The Morgan fingerprint density at radius 3 is 2.50 bits per heavy atom. The molecule has 4 bridgehead atoms. The van der Waals surface area contributed by atoms with E-state index < -0.39 is 23.8 Å². The van der Waals surface area contributed by atoms with Crippen LogP contribution in [-0.2, 0) is 4.74 Å². The summed E-state index contributed by atoms with van der Waals surface area (Å²) in [6, 6.07) is -0.641. The number of aliphatic hydroxyl groups excluding tert-OH is 2. The van der Waals surface area contributed by atoms with Crippen molar-refractivity contribution in [2.75, 3.05) is 6.61 Å². The van der Waals surface area contributed by atoms with Gasteiger partial charge in [0.1, 0.15) is 5.60 Å². The van der Waals surface area contributed by atoms with Crippen molar-refractivity contribution < 1.29 is 19.7 Å². The van der Waals surface area contributed by atoms with E-state index in [0.717, 1.165) is 11.8 Å². The molecule has 5 heteroatoms. The summed E-state index contributed by atoms with van der Waals surface area (Å²) in [7, 11) is 0. The van der Waals surface area contributed by atoms with Crippen molar-refractivity contribution in [1.82, 2.24) is 5.32 Å². The fourth-order valence-electron chi connectivity index (χ4n) is 5.29. The van der Waals surface area contributed by atoms with Gasteiger partial charge in [0, 0.05) is 0 Å². The molecule has 0 spiro atoms. The molecule has 4 fully saturated rings. The lowest BCUT2D eigenvalue weighted by atomic mass is 9.72. The second kappa shape index (κ2) is 5.68. The summed E-state index contributed by atoms with van der Waals surface area (Å²) in [4.78, 5) is 11.9. The number of carbonyl (C=O) groups excluding carboxylic acids is 1. The normalized spacial score (nSPS) is 38.9. The van der Waals surface area contributed by atoms with Crippen molar-refractivity contribution in [2.24, 2.45) is 29.6 Å². The van der Waals surface area contributed by atoms with Gasteiger partial charge in [-0.25, -0.2) is 4.79 Å². The minimum atomic E-state index is -0.684. The number of alkyl carbamates (subject to hydrolysis) is 1. The molecular formula is C17H29NO4. The molecule has 5 nitrogen and oxygen atoms in total. The third kappa shape index (κ3) is 2.98.